The van der Waals surface area contributed by atoms with Gasteiger partial charge in [-0.15, -0.1) is 0 Å². The van der Waals surface area contributed by atoms with Crippen molar-refractivity contribution < 1.29 is 28.6 Å². The van der Waals surface area contributed by atoms with Gasteiger partial charge in [-0.2, -0.15) is 12.6 Å². The zero-order valence-corrected chi connectivity index (χ0v) is 19.1. The average molecular weight is 441 g/mol. The average Bonchev–Trinajstić information content (AvgIpc) is 2.67. The van der Waals surface area contributed by atoms with E-state index in [4.69, 9.17) is 19.9 Å². The molecule has 2 N–H and O–H groups in total. The summed E-state index contributed by atoms with van der Waals surface area (Å²) in [6.45, 7) is 8.58. The summed E-state index contributed by atoms with van der Waals surface area (Å²) < 4.78 is 15.8. The summed E-state index contributed by atoms with van der Waals surface area (Å²) in [6.07, 6.45) is 2.95. The molecule has 0 fully saturated rings. The molecule has 2 unspecified atom stereocenters. The fourth-order valence-corrected chi connectivity index (χ4v) is 3.36. The van der Waals surface area contributed by atoms with E-state index >= 15 is 0 Å². The summed E-state index contributed by atoms with van der Waals surface area (Å²) >= 11 is 4.59. The van der Waals surface area contributed by atoms with E-state index in [2.05, 4.69) is 17.6 Å². The third-order valence-corrected chi connectivity index (χ3v) is 5.04. The van der Waals surface area contributed by atoms with Gasteiger partial charge in [-0.3, -0.25) is 19.4 Å². The molecule has 1 aromatic rings. The van der Waals surface area contributed by atoms with Crippen LogP contribution in [0.5, 0.6) is 0 Å². The summed E-state index contributed by atoms with van der Waals surface area (Å²) in [4.78, 5) is 42.5. The van der Waals surface area contributed by atoms with E-state index in [1.165, 1.54) is 6.20 Å². The highest BCUT2D eigenvalue weighted by molar-refractivity contribution is 7.80. The van der Waals surface area contributed by atoms with E-state index in [0.29, 0.717) is 5.56 Å². The molecule has 9 heteroatoms. The van der Waals surface area contributed by atoms with Crippen LogP contribution in [-0.4, -0.2) is 47.7 Å². The number of nitrogens with zero attached hydrogens (tertiary/aromatic N) is 1. The zero-order valence-electron chi connectivity index (χ0n) is 18.2. The highest BCUT2D eigenvalue weighted by atomic mass is 32.1. The molecule has 168 valence electrons. The molecule has 2 atom stereocenters. The zero-order chi connectivity index (χ0) is 22.9. The van der Waals surface area contributed by atoms with Gasteiger partial charge in [0, 0.05) is 12.4 Å². The summed E-state index contributed by atoms with van der Waals surface area (Å²) in [5.41, 5.74) is 4.02. The molecule has 0 aliphatic rings. The fourth-order valence-electron chi connectivity index (χ4n) is 2.87. The lowest BCUT2D eigenvalue weighted by atomic mass is 9.76. The monoisotopic (exact) mass is 440 g/mol. The molecule has 0 amide bonds. The second-order valence-electron chi connectivity index (χ2n) is 7.78. The summed E-state index contributed by atoms with van der Waals surface area (Å²) in [5, 5.41) is -0.921. The molecule has 8 nitrogen and oxygen atoms in total. The molecule has 1 rings (SSSR count). The van der Waals surface area contributed by atoms with E-state index in [1.807, 2.05) is 0 Å². The summed E-state index contributed by atoms with van der Waals surface area (Å²) in [7, 11) is 0. The number of hydrogen-bond donors (Lipinski definition) is 2. The maximum Gasteiger partial charge on any atom is 0.324 e. The Labute approximate surface area is 183 Å². The van der Waals surface area contributed by atoms with Crippen molar-refractivity contribution in [2.24, 2.45) is 11.1 Å². The smallest absolute Gasteiger partial charge is 0.324 e. The first-order valence-corrected chi connectivity index (χ1v) is 10.4. The Bertz CT molecular complexity index is 702. The molecule has 1 heterocycles. The predicted octanol–water partition coefficient (Wildman–Crippen LogP) is 2.61. The van der Waals surface area contributed by atoms with E-state index < -0.39 is 40.2 Å². The van der Waals surface area contributed by atoms with Crippen LogP contribution in [-0.2, 0) is 28.6 Å². The number of carbonyl (C=O) groups excluding carboxylic acids is 3. The first-order chi connectivity index (χ1) is 14.0. The van der Waals surface area contributed by atoms with Gasteiger partial charge in [-0.25, -0.2) is 0 Å². The predicted molar refractivity (Wildman–Crippen MR) is 115 cm³/mol. The topological polar surface area (TPSA) is 118 Å². The van der Waals surface area contributed by atoms with Crippen molar-refractivity contribution in [2.75, 3.05) is 13.2 Å². The van der Waals surface area contributed by atoms with Crippen LogP contribution in [0.15, 0.2) is 24.5 Å². The van der Waals surface area contributed by atoms with Crippen molar-refractivity contribution in [3.63, 3.8) is 0 Å². The highest BCUT2D eigenvalue weighted by Crippen LogP contribution is 2.45. The molecule has 0 saturated carbocycles. The second kappa shape index (κ2) is 11.3. The van der Waals surface area contributed by atoms with Gasteiger partial charge in [0.1, 0.15) is 11.6 Å². The van der Waals surface area contributed by atoms with E-state index in [-0.39, 0.29) is 26.1 Å². The van der Waals surface area contributed by atoms with Gasteiger partial charge in [0.2, 0.25) is 0 Å². The van der Waals surface area contributed by atoms with E-state index in [0.717, 1.165) is 0 Å². The van der Waals surface area contributed by atoms with Crippen molar-refractivity contribution in [2.45, 2.75) is 64.4 Å². The lowest BCUT2D eigenvalue weighted by Gasteiger charge is -2.34. The van der Waals surface area contributed by atoms with Crippen LogP contribution < -0.4 is 5.73 Å². The van der Waals surface area contributed by atoms with Crippen LogP contribution in [0, 0.1) is 5.41 Å². The maximum atomic E-state index is 13.1. The first-order valence-electron chi connectivity index (χ1n) is 9.90. The molecule has 0 bridgehead atoms. The van der Waals surface area contributed by atoms with Gasteiger partial charge >= 0.3 is 17.9 Å². The number of pyridine rings is 1. The van der Waals surface area contributed by atoms with Crippen molar-refractivity contribution >= 4 is 30.5 Å². The van der Waals surface area contributed by atoms with Crippen molar-refractivity contribution in [3.8, 4) is 0 Å². The van der Waals surface area contributed by atoms with E-state index in [1.54, 1.807) is 52.9 Å². The largest absolute Gasteiger partial charge is 0.465 e. The molecule has 0 aliphatic carbocycles. The second-order valence-corrected chi connectivity index (χ2v) is 8.30. The SMILES string of the molecule is CCOC(=O)C(CCC(N)C(=O)OC(C)(C)C)(C(=O)OCC)C(S)c1cccnc1. The maximum absolute atomic E-state index is 13.1. The molecule has 0 aliphatic heterocycles. The number of ether oxygens (including phenoxy) is 3. The van der Waals surface area contributed by atoms with E-state index in [9.17, 15) is 14.4 Å². The Morgan fingerprint density at radius 1 is 1.13 bits per heavy atom. The highest BCUT2D eigenvalue weighted by Gasteiger charge is 2.54. The van der Waals surface area contributed by atoms with Gasteiger partial charge in [0.25, 0.3) is 0 Å². The molecular formula is C21H32N2O6S. The molecule has 30 heavy (non-hydrogen) atoms. The van der Waals surface area contributed by atoms with Gasteiger partial charge in [0.15, 0.2) is 5.41 Å². The van der Waals surface area contributed by atoms with Crippen LogP contribution in [0.25, 0.3) is 0 Å². The third kappa shape index (κ3) is 6.70. The number of thiol groups is 1. The van der Waals surface area contributed by atoms with Crippen LogP contribution >= 0.6 is 12.6 Å². The number of esters is 3. The molecule has 0 radical (unpaired) electrons. The lowest BCUT2D eigenvalue weighted by molar-refractivity contribution is -0.174. The first kappa shape index (κ1) is 25.9. The number of nitrogens with two attached hydrogens (primary N) is 1. The van der Waals surface area contributed by atoms with Gasteiger partial charge in [-0.1, -0.05) is 6.07 Å². The molecule has 1 aromatic heterocycles. The van der Waals surface area contributed by atoms with Crippen molar-refractivity contribution in [1.29, 1.82) is 0 Å². The molecule has 0 aromatic carbocycles. The minimum absolute atomic E-state index is 0.0101. The lowest BCUT2D eigenvalue weighted by Crippen LogP contribution is -2.47. The Kier molecular flexibility index (Phi) is 9.77. The molecule has 0 saturated heterocycles. The van der Waals surface area contributed by atoms with Gasteiger partial charge < -0.3 is 19.9 Å². The summed E-state index contributed by atoms with van der Waals surface area (Å²) in [5.74, 6) is -2.20. The van der Waals surface area contributed by atoms with Crippen molar-refractivity contribution in [1.82, 2.24) is 4.98 Å². The number of aromatic nitrogens is 1. The number of hydrogen-bond acceptors (Lipinski definition) is 9. The number of rotatable bonds is 10. The Morgan fingerprint density at radius 3 is 2.13 bits per heavy atom. The Balaban J connectivity index is 3.30. The van der Waals surface area contributed by atoms with Gasteiger partial charge in [-0.05, 0) is 59.1 Å². The van der Waals surface area contributed by atoms with Crippen LogP contribution in [0.2, 0.25) is 0 Å². The van der Waals surface area contributed by atoms with Crippen molar-refractivity contribution in [3.05, 3.63) is 30.1 Å². The normalized spacial score (nSPS) is 13.8. The summed E-state index contributed by atoms with van der Waals surface area (Å²) in [6, 6.07) is 2.33. The minimum Gasteiger partial charge on any atom is -0.465 e. The number of carbonyl (C=O) groups is 3. The Morgan fingerprint density at radius 2 is 1.70 bits per heavy atom. The van der Waals surface area contributed by atoms with Gasteiger partial charge in [0.05, 0.1) is 18.5 Å². The quantitative estimate of drug-likeness (QED) is 0.247. The fraction of sp³-hybridized carbons (Fsp3) is 0.619. The Hall–Kier alpha value is -2.13. The van der Waals surface area contributed by atoms with Crippen LogP contribution in [0.4, 0.5) is 0 Å². The van der Waals surface area contributed by atoms with Crippen LogP contribution in [0.1, 0.15) is 58.3 Å². The molecule has 0 spiro atoms. The van der Waals surface area contributed by atoms with Crippen LogP contribution in [0.3, 0.4) is 0 Å². The third-order valence-electron chi connectivity index (χ3n) is 4.31. The minimum atomic E-state index is -1.81. The standard InChI is InChI=1S/C21H32N2O6S/c1-6-27-18(25)21(19(26)28-7-2,16(30)14-9-8-12-23-13-14)11-10-15(22)17(24)29-20(3,4)5/h8-9,12-13,15-16,30H,6-7,10-11,22H2,1-5H3. The molecular weight excluding hydrogens is 408 g/mol.